The topological polar surface area (TPSA) is 71.1 Å². The van der Waals surface area contributed by atoms with Crippen molar-refractivity contribution >= 4 is 11.9 Å². The maximum Gasteiger partial charge on any atom is 0.342 e. The van der Waals surface area contributed by atoms with Crippen LogP contribution in [-0.2, 0) is 28.5 Å². The summed E-state index contributed by atoms with van der Waals surface area (Å²) in [6, 6.07) is 6.84. The van der Waals surface area contributed by atoms with Gasteiger partial charge in [-0.3, -0.25) is 0 Å². The van der Waals surface area contributed by atoms with Crippen molar-refractivity contribution in [3.05, 3.63) is 35.4 Å². The number of benzene rings is 1. The van der Waals surface area contributed by atoms with E-state index in [0.29, 0.717) is 11.1 Å². The Labute approximate surface area is 102 Å². The van der Waals surface area contributed by atoms with Crippen molar-refractivity contribution in [1.82, 2.24) is 0 Å². The molecule has 0 spiro atoms. The van der Waals surface area contributed by atoms with E-state index < -0.39 is 24.1 Å². The van der Waals surface area contributed by atoms with Crippen molar-refractivity contribution in [2.24, 2.45) is 0 Å². The van der Waals surface area contributed by atoms with Crippen molar-refractivity contribution in [2.45, 2.75) is 12.2 Å². The summed E-state index contributed by atoms with van der Waals surface area (Å²) in [7, 11) is 0. The van der Waals surface area contributed by atoms with E-state index in [9.17, 15) is 9.59 Å². The van der Waals surface area contributed by atoms with E-state index in [4.69, 9.17) is 18.9 Å². The molecule has 2 aliphatic rings. The molecule has 0 aromatic heterocycles. The molecule has 2 fully saturated rings. The molecule has 2 aliphatic heterocycles. The van der Waals surface area contributed by atoms with E-state index in [1.165, 1.54) is 0 Å². The average molecular weight is 250 g/mol. The van der Waals surface area contributed by atoms with E-state index in [0.717, 1.165) is 0 Å². The Bertz CT molecular complexity index is 435. The third-order valence-electron chi connectivity index (χ3n) is 2.84. The summed E-state index contributed by atoms with van der Waals surface area (Å²) < 4.78 is 19.7. The van der Waals surface area contributed by atoms with Crippen LogP contribution >= 0.6 is 0 Å². The third kappa shape index (κ3) is 1.85. The molecule has 6 heteroatoms. The number of rotatable bonds is 2. The van der Waals surface area contributed by atoms with E-state index in [2.05, 4.69) is 0 Å². The Morgan fingerprint density at radius 3 is 1.44 bits per heavy atom. The minimum atomic E-state index is -0.685. The van der Waals surface area contributed by atoms with Crippen LogP contribution in [0.3, 0.4) is 0 Å². The second-order valence-corrected chi connectivity index (χ2v) is 3.92. The predicted molar refractivity (Wildman–Crippen MR) is 56.0 cm³/mol. The monoisotopic (exact) mass is 250 g/mol. The molecular formula is C12H10O6. The highest BCUT2D eigenvalue weighted by atomic mass is 16.7. The fraction of sp³-hybridized carbons (Fsp3) is 0.333. The molecule has 0 N–H and O–H groups in total. The highest BCUT2D eigenvalue weighted by Crippen LogP contribution is 2.28. The van der Waals surface area contributed by atoms with Crippen LogP contribution < -0.4 is 0 Å². The zero-order valence-corrected chi connectivity index (χ0v) is 9.33. The van der Waals surface area contributed by atoms with Gasteiger partial charge in [-0.15, -0.1) is 0 Å². The Kier molecular flexibility index (Phi) is 2.73. The van der Waals surface area contributed by atoms with Gasteiger partial charge in [-0.1, -0.05) is 24.3 Å². The van der Waals surface area contributed by atoms with E-state index in [1.54, 1.807) is 24.3 Å². The summed E-state index contributed by atoms with van der Waals surface area (Å²) >= 11 is 0. The van der Waals surface area contributed by atoms with Gasteiger partial charge in [0.2, 0.25) is 0 Å². The van der Waals surface area contributed by atoms with E-state index in [1.807, 2.05) is 0 Å². The predicted octanol–water partition coefficient (Wildman–Crippen LogP) is 0.831. The fourth-order valence-corrected chi connectivity index (χ4v) is 1.92. The Hall–Kier alpha value is -1.92. The highest BCUT2D eigenvalue weighted by molar-refractivity contribution is 5.79. The Balaban J connectivity index is 1.80. The van der Waals surface area contributed by atoms with Gasteiger partial charge in [0.05, 0.1) is 0 Å². The second kappa shape index (κ2) is 4.40. The smallest absolute Gasteiger partial charge is 0.342 e. The molecule has 0 radical (unpaired) electrons. The number of esters is 2. The van der Waals surface area contributed by atoms with Crippen LogP contribution in [-0.4, -0.2) is 25.5 Å². The van der Waals surface area contributed by atoms with Crippen LogP contribution in [0.1, 0.15) is 23.3 Å². The fourth-order valence-electron chi connectivity index (χ4n) is 1.92. The van der Waals surface area contributed by atoms with Gasteiger partial charge in [0.25, 0.3) is 0 Å². The summed E-state index contributed by atoms with van der Waals surface area (Å²) in [6.45, 7) is -0.0490. The molecule has 0 saturated carbocycles. The van der Waals surface area contributed by atoms with Gasteiger partial charge in [0.1, 0.15) is 0 Å². The van der Waals surface area contributed by atoms with Crippen LogP contribution in [0, 0.1) is 0 Å². The zero-order valence-electron chi connectivity index (χ0n) is 9.33. The first-order valence-corrected chi connectivity index (χ1v) is 5.42. The quantitative estimate of drug-likeness (QED) is 0.724. The lowest BCUT2D eigenvalue weighted by Crippen LogP contribution is -2.09. The average Bonchev–Trinajstić information content (AvgIpc) is 2.98. The lowest BCUT2D eigenvalue weighted by atomic mass is 10.0. The molecule has 3 rings (SSSR count). The van der Waals surface area contributed by atoms with Crippen molar-refractivity contribution in [1.29, 1.82) is 0 Å². The standard InChI is InChI=1S/C12H10O6/c13-11-9(15-5-17-11)7-1-2-8(4-3-7)10-12(14)18-6-16-10/h1-4,9-10H,5-6H2/t9-,10-/m0/s1. The van der Waals surface area contributed by atoms with Gasteiger partial charge in [-0.25, -0.2) is 9.59 Å². The lowest BCUT2D eigenvalue weighted by molar-refractivity contribution is -0.140. The van der Waals surface area contributed by atoms with Gasteiger partial charge in [-0.05, 0) is 11.1 Å². The molecule has 2 atom stereocenters. The number of hydrogen-bond donors (Lipinski definition) is 0. The number of hydrogen-bond acceptors (Lipinski definition) is 6. The van der Waals surface area contributed by atoms with Gasteiger partial charge in [-0.2, -0.15) is 0 Å². The number of cyclic esters (lactones) is 2. The molecule has 0 unspecified atom stereocenters. The summed E-state index contributed by atoms with van der Waals surface area (Å²) in [5, 5.41) is 0. The molecule has 2 saturated heterocycles. The van der Waals surface area contributed by atoms with E-state index >= 15 is 0 Å². The lowest BCUT2D eigenvalue weighted by Gasteiger charge is -2.08. The number of ether oxygens (including phenoxy) is 4. The molecule has 0 bridgehead atoms. The summed E-state index contributed by atoms with van der Waals surface area (Å²) in [5.74, 6) is -0.807. The van der Waals surface area contributed by atoms with Gasteiger partial charge in [0, 0.05) is 0 Å². The maximum atomic E-state index is 11.3. The molecule has 6 nitrogen and oxygen atoms in total. The van der Waals surface area contributed by atoms with Crippen LogP contribution in [0.15, 0.2) is 24.3 Å². The summed E-state index contributed by atoms with van der Waals surface area (Å²) in [6.07, 6.45) is -1.37. The van der Waals surface area contributed by atoms with Gasteiger partial charge >= 0.3 is 11.9 Å². The SMILES string of the molecule is O=C1OCO[C@H]1c1ccc([C@@H]2OCOC2=O)cc1. The van der Waals surface area contributed by atoms with Gasteiger partial charge < -0.3 is 18.9 Å². The highest BCUT2D eigenvalue weighted by Gasteiger charge is 2.31. The zero-order chi connectivity index (χ0) is 12.5. The molecule has 1 aromatic carbocycles. The Morgan fingerprint density at radius 2 is 1.17 bits per heavy atom. The Morgan fingerprint density at radius 1 is 0.778 bits per heavy atom. The van der Waals surface area contributed by atoms with Crippen LogP contribution in [0.2, 0.25) is 0 Å². The van der Waals surface area contributed by atoms with Crippen LogP contribution in [0.4, 0.5) is 0 Å². The summed E-state index contributed by atoms with van der Waals surface area (Å²) in [4.78, 5) is 22.6. The molecule has 94 valence electrons. The molecule has 18 heavy (non-hydrogen) atoms. The first-order valence-electron chi connectivity index (χ1n) is 5.42. The normalized spacial score (nSPS) is 27.1. The van der Waals surface area contributed by atoms with Crippen molar-refractivity contribution in [2.75, 3.05) is 13.6 Å². The van der Waals surface area contributed by atoms with Gasteiger partial charge in [0.15, 0.2) is 25.8 Å². The molecule has 0 aliphatic carbocycles. The van der Waals surface area contributed by atoms with Crippen LogP contribution in [0.25, 0.3) is 0 Å². The summed E-state index contributed by atoms with van der Waals surface area (Å²) in [5.41, 5.74) is 1.38. The third-order valence-corrected chi connectivity index (χ3v) is 2.84. The minimum Gasteiger partial charge on any atom is -0.436 e. The molecule has 2 heterocycles. The first kappa shape index (κ1) is 11.2. The number of carbonyl (C=O) groups is 2. The maximum absolute atomic E-state index is 11.3. The minimum absolute atomic E-state index is 0.0245. The van der Waals surface area contributed by atoms with Crippen molar-refractivity contribution < 1.29 is 28.5 Å². The largest absolute Gasteiger partial charge is 0.436 e. The second-order valence-electron chi connectivity index (χ2n) is 3.92. The van der Waals surface area contributed by atoms with E-state index in [-0.39, 0.29) is 13.6 Å². The molecule has 0 amide bonds. The number of carbonyl (C=O) groups excluding carboxylic acids is 2. The molecular weight excluding hydrogens is 240 g/mol. The van der Waals surface area contributed by atoms with Crippen molar-refractivity contribution in [3.63, 3.8) is 0 Å². The van der Waals surface area contributed by atoms with Crippen LogP contribution in [0.5, 0.6) is 0 Å². The van der Waals surface area contributed by atoms with Crippen molar-refractivity contribution in [3.8, 4) is 0 Å². The first-order chi connectivity index (χ1) is 8.75. The molecule has 1 aromatic rings.